The zero-order chi connectivity index (χ0) is 20.4. The van der Waals surface area contributed by atoms with Gasteiger partial charge in [-0.2, -0.15) is 31.3 Å². The van der Waals surface area contributed by atoms with Crippen molar-refractivity contribution in [3.8, 4) is 0 Å². The van der Waals surface area contributed by atoms with E-state index < -0.39 is 23.5 Å². The molecule has 0 aliphatic heterocycles. The lowest BCUT2D eigenvalue weighted by molar-refractivity contribution is -0.138. The average molecular weight is 398 g/mol. The summed E-state index contributed by atoms with van der Waals surface area (Å²) in [6, 6.07) is 10.5. The fraction of sp³-hybridized carbons (Fsp3) is 0.111. The van der Waals surface area contributed by atoms with Crippen molar-refractivity contribution in [2.24, 2.45) is 0 Å². The van der Waals surface area contributed by atoms with Crippen molar-refractivity contribution >= 4 is 23.1 Å². The molecule has 28 heavy (non-hydrogen) atoms. The second kappa shape index (κ2) is 7.37. The van der Waals surface area contributed by atoms with Crippen molar-refractivity contribution in [1.29, 1.82) is 0 Å². The third-order valence-electron chi connectivity index (χ3n) is 3.62. The maximum Gasteiger partial charge on any atom is 0.418 e. The van der Waals surface area contributed by atoms with E-state index in [0.29, 0.717) is 5.69 Å². The first-order valence-electron chi connectivity index (χ1n) is 7.83. The maximum absolute atomic E-state index is 13.1. The summed E-state index contributed by atoms with van der Waals surface area (Å²) in [5.74, 6) is 0.0929. The largest absolute Gasteiger partial charge is 0.418 e. The average Bonchev–Trinajstić information content (AvgIpc) is 2.61. The standard InChI is InChI=1S/C18H12F6N4/c19-17(20,21)11-5-7-12(8-6-11)26-15-9-10-25-16(28-15)27-14-4-2-1-3-13(14)18(22,23)24/h1-10H,(H2,25,26,27,28). The fourth-order valence-electron chi connectivity index (χ4n) is 2.34. The highest BCUT2D eigenvalue weighted by Crippen LogP contribution is 2.35. The van der Waals surface area contributed by atoms with Gasteiger partial charge in [0.15, 0.2) is 0 Å². The van der Waals surface area contributed by atoms with Crippen molar-refractivity contribution in [2.45, 2.75) is 12.4 Å². The van der Waals surface area contributed by atoms with Gasteiger partial charge < -0.3 is 10.6 Å². The molecule has 0 unspecified atom stereocenters. The molecule has 146 valence electrons. The Morgan fingerprint density at radius 1 is 0.714 bits per heavy atom. The molecule has 0 radical (unpaired) electrons. The maximum atomic E-state index is 13.1. The number of nitrogens with one attached hydrogen (secondary N) is 2. The number of rotatable bonds is 4. The third-order valence-corrected chi connectivity index (χ3v) is 3.62. The van der Waals surface area contributed by atoms with Gasteiger partial charge in [0.05, 0.1) is 16.8 Å². The summed E-state index contributed by atoms with van der Waals surface area (Å²) in [6.45, 7) is 0. The Morgan fingerprint density at radius 3 is 2.04 bits per heavy atom. The molecule has 2 aromatic carbocycles. The van der Waals surface area contributed by atoms with Crippen molar-refractivity contribution in [3.05, 3.63) is 71.9 Å². The van der Waals surface area contributed by atoms with Gasteiger partial charge in [-0.1, -0.05) is 12.1 Å². The zero-order valence-corrected chi connectivity index (χ0v) is 13.9. The Labute approximate surface area is 155 Å². The highest BCUT2D eigenvalue weighted by atomic mass is 19.4. The molecule has 2 N–H and O–H groups in total. The van der Waals surface area contributed by atoms with Crippen LogP contribution in [0.5, 0.6) is 0 Å². The SMILES string of the molecule is FC(F)(F)c1ccc(Nc2ccnc(Nc3ccccc3C(F)(F)F)n2)cc1. The number of halogens is 6. The molecule has 0 saturated heterocycles. The number of benzene rings is 2. The highest BCUT2D eigenvalue weighted by Gasteiger charge is 2.33. The first-order valence-corrected chi connectivity index (χ1v) is 7.83. The van der Waals surface area contributed by atoms with Crippen LogP contribution >= 0.6 is 0 Å². The predicted octanol–water partition coefficient (Wildman–Crippen LogP) is 6.00. The number of aromatic nitrogens is 2. The van der Waals surface area contributed by atoms with E-state index in [2.05, 4.69) is 20.6 Å². The molecule has 1 aromatic heterocycles. The molecule has 10 heteroatoms. The molecule has 0 saturated carbocycles. The van der Waals surface area contributed by atoms with Gasteiger partial charge in [-0.25, -0.2) is 4.98 Å². The normalized spacial score (nSPS) is 11.9. The van der Waals surface area contributed by atoms with Crippen LogP contribution in [0.3, 0.4) is 0 Å². The van der Waals surface area contributed by atoms with Crippen molar-refractivity contribution < 1.29 is 26.3 Å². The van der Waals surface area contributed by atoms with E-state index in [-0.39, 0.29) is 17.5 Å². The Balaban J connectivity index is 1.79. The zero-order valence-electron chi connectivity index (χ0n) is 13.9. The van der Waals surface area contributed by atoms with Gasteiger partial charge in [0.2, 0.25) is 5.95 Å². The number of nitrogens with zero attached hydrogens (tertiary/aromatic N) is 2. The van der Waals surface area contributed by atoms with E-state index in [1.54, 1.807) is 0 Å². The molecule has 3 rings (SSSR count). The minimum atomic E-state index is -4.56. The van der Waals surface area contributed by atoms with E-state index in [4.69, 9.17) is 0 Å². The lowest BCUT2D eigenvalue weighted by atomic mass is 10.1. The Kier molecular flexibility index (Phi) is 5.12. The second-order valence-electron chi connectivity index (χ2n) is 5.63. The minimum Gasteiger partial charge on any atom is -0.340 e. The fourth-order valence-corrected chi connectivity index (χ4v) is 2.34. The summed E-state index contributed by atoms with van der Waals surface area (Å²) in [4.78, 5) is 7.90. The molecule has 0 aliphatic rings. The van der Waals surface area contributed by atoms with Gasteiger partial charge in [-0.15, -0.1) is 0 Å². The number of alkyl halides is 6. The molecule has 3 aromatic rings. The van der Waals surface area contributed by atoms with E-state index >= 15 is 0 Å². The van der Waals surface area contributed by atoms with Crippen LogP contribution in [0.4, 0.5) is 49.5 Å². The van der Waals surface area contributed by atoms with Crippen LogP contribution in [0.1, 0.15) is 11.1 Å². The van der Waals surface area contributed by atoms with E-state index in [1.165, 1.54) is 42.6 Å². The highest BCUT2D eigenvalue weighted by molar-refractivity contribution is 5.62. The molecule has 0 aliphatic carbocycles. The van der Waals surface area contributed by atoms with Gasteiger partial charge in [-0.05, 0) is 42.5 Å². The lowest BCUT2D eigenvalue weighted by Gasteiger charge is -2.14. The summed E-state index contributed by atoms with van der Waals surface area (Å²) in [5, 5.41) is 5.28. The van der Waals surface area contributed by atoms with Crippen LogP contribution < -0.4 is 10.6 Å². The van der Waals surface area contributed by atoms with Crippen LogP contribution in [-0.2, 0) is 12.4 Å². The quantitative estimate of drug-likeness (QED) is 0.529. The van der Waals surface area contributed by atoms with Crippen molar-refractivity contribution in [3.63, 3.8) is 0 Å². The summed E-state index contributed by atoms with van der Waals surface area (Å²) in [5.41, 5.74) is -1.57. The third kappa shape index (κ3) is 4.70. The van der Waals surface area contributed by atoms with Crippen LogP contribution in [0, 0.1) is 0 Å². The Bertz CT molecular complexity index is 951. The first kappa shape index (κ1) is 19.5. The molecule has 4 nitrogen and oxygen atoms in total. The Hall–Kier alpha value is -3.30. The molecule has 0 spiro atoms. The smallest absolute Gasteiger partial charge is 0.340 e. The van der Waals surface area contributed by atoms with Gasteiger partial charge in [0, 0.05) is 11.9 Å². The van der Waals surface area contributed by atoms with Crippen LogP contribution in [0.25, 0.3) is 0 Å². The monoisotopic (exact) mass is 398 g/mol. The number of hydrogen-bond donors (Lipinski definition) is 2. The molecule has 0 fully saturated rings. The van der Waals surface area contributed by atoms with Crippen molar-refractivity contribution in [1.82, 2.24) is 9.97 Å². The van der Waals surface area contributed by atoms with Crippen molar-refractivity contribution in [2.75, 3.05) is 10.6 Å². The summed E-state index contributed by atoms with van der Waals surface area (Å²) >= 11 is 0. The number of para-hydroxylation sites is 1. The molecule has 0 atom stereocenters. The molecule has 0 amide bonds. The van der Waals surface area contributed by atoms with E-state index in [9.17, 15) is 26.3 Å². The molecular weight excluding hydrogens is 386 g/mol. The number of anilines is 4. The van der Waals surface area contributed by atoms with Gasteiger partial charge in [0.25, 0.3) is 0 Å². The summed E-state index contributed by atoms with van der Waals surface area (Å²) in [6.07, 6.45) is -7.70. The minimum absolute atomic E-state index is 0.103. The van der Waals surface area contributed by atoms with Gasteiger partial charge in [-0.3, -0.25) is 0 Å². The lowest BCUT2D eigenvalue weighted by Crippen LogP contribution is -2.09. The van der Waals surface area contributed by atoms with E-state index in [1.807, 2.05) is 0 Å². The predicted molar refractivity (Wildman–Crippen MR) is 91.5 cm³/mol. The molecule has 0 bridgehead atoms. The van der Waals surface area contributed by atoms with E-state index in [0.717, 1.165) is 18.2 Å². The second-order valence-corrected chi connectivity index (χ2v) is 5.63. The summed E-state index contributed by atoms with van der Waals surface area (Å²) in [7, 11) is 0. The van der Waals surface area contributed by atoms with Crippen LogP contribution in [0.2, 0.25) is 0 Å². The number of hydrogen-bond acceptors (Lipinski definition) is 4. The summed E-state index contributed by atoms with van der Waals surface area (Å²) < 4.78 is 77.0. The Morgan fingerprint density at radius 2 is 1.39 bits per heavy atom. The topological polar surface area (TPSA) is 49.8 Å². The van der Waals surface area contributed by atoms with Crippen LogP contribution in [-0.4, -0.2) is 9.97 Å². The van der Waals surface area contributed by atoms with Gasteiger partial charge in [0.1, 0.15) is 5.82 Å². The first-order chi connectivity index (χ1) is 13.1. The van der Waals surface area contributed by atoms with Gasteiger partial charge >= 0.3 is 12.4 Å². The molecule has 1 heterocycles. The molecular formula is C18H12F6N4. The van der Waals surface area contributed by atoms with Crippen LogP contribution in [0.15, 0.2) is 60.8 Å².